The maximum atomic E-state index is 12.8. The van der Waals surface area contributed by atoms with Crippen molar-refractivity contribution in [2.75, 3.05) is 13.2 Å². The molecule has 384 valence electrons. The van der Waals surface area contributed by atoms with Gasteiger partial charge in [-0.1, -0.05) is 247 Å². The monoisotopic (exact) mass is 957 g/mol. The molecule has 1 atom stereocenters. The molecule has 6 heteroatoms. The van der Waals surface area contributed by atoms with Crippen molar-refractivity contribution in [3.63, 3.8) is 0 Å². The van der Waals surface area contributed by atoms with Crippen LogP contribution < -0.4 is 0 Å². The zero-order valence-corrected chi connectivity index (χ0v) is 43.7. The number of unbranched alkanes of at least 4 members (excludes halogenated alkanes) is 10. The van der Waals surface area contributed by atoms with E-state index in [9.17, 15) is 14.4 Å². The van der Waals surface area contributed by atoms with Gasteiger partial charge in [0, 0.05) is 19.3 Å². The zero-order valence-electron chi connectivity index (χ0n) is 43.7. The first-order valence-corrected chi connectivity index (χ1v) is 26.6. The van der Waals surface area contributed by atoms with Crippen molar-refractivity contribution in [1.29, 1.82) is 0 Å². The van der Waals surface area contributed by atoms with Gasteiger partial charge in [-0.05, 0) is 96.3 Å². The first-order chi connectivity index (χ1) is 34.5. The molecule has 0 bridgehead atoms. The number of rotatable bonds is 44. The topological polar surface area (TPSA) is 78.9 Å². The van der Waals surface area contributed by atoms with E-state index < -0.39 is 6.10 Å². The van der Waals surface area contributed by atoms with E-state index in [2.05, 4.69) is 118 Å². The summed E-state index contributed by atoms with van der Waals surface area (Å²) in [6.45, 7) is 6.14. The van der Waals surface area contributed by atoms with Gasteiger partial charge in [0.15, 0.2) is 6.10 Å². The lowest BCUT2D eigenvalue weighted by Crippen LogP contribution is -2.30. The van der Waals surface area contributed by atoms with Crippen LogP contribution >= 0.6 is 0 Å². The smallest absolute Gasteiger partial charge is 0.306 e. The molecule has 0 radical (unpaired) electrons. The van der Waals surface area contributed by atoms with Crippen molar-refractivity contribution < 1.29 is 28.6 Å². The van der Waals surface area contributed by atoms with E-state index in [0.717, 1.165) is 109 Å². The number of carbonyl (C=O) groups is 3. The molecule has 0 fully saturated rings. The maximum Gasteiger partial charge on any atom is 0.306 e. The van der Waals surface area contributed by atoms with Crippen LogP contribution in [0.5, 0.6) is 0 Å². The van der Waals surface area contributed by atoms with E-state index >= 15 is 0 Å². The second kappa shape index (κ2) is 55.8. The third-order valence-corrected chi connectivity index (χ3v) is 10.1. The Kier molecular flexibility index (Phi) is 51.3. The molecule has 0 amide bonds. The molecule has 0 aromatic carbocycles. The minimum atomic E-state index is -0.849. The Balaban J connectivity index is 4.69. The molecular formula is C64H92O6. The summed E-state index contributed by atoms with van der Waals surface area (Å²) < 4.78 is 16.7. The van der Waals surface area contributed by atoms with Gasteiger partial charge in [0.25, 0.3) is 0 Å². The van der Waals surface area contributed by atoms with Crippen molar-refractivity contribution >= 4 is 17.9 Å². The average molecular weight is 957 g/mol. The number of esters is 3. The van der Waals surface area contributed by atoms with Gasteiger partial charge in [-0.2, -0.15) is 0 Å². The van der Waals surface area contributed by atoms with Crippen molar-refractivity contribution in [3.05, 3.63) is 194 Å². The molecule has 0 aliphatic rings. The van der Waals surface area contributed by atoms with Crippen LogP contribution in [0.4, 0.5) is 0 Å². The summed E-state index contributed by atoms with van der Waals surface area (Å²) in [5.41, 5.74) is 0. The largest absolute Gasteiger partial charge is 0.462 e. The molecule has 6 nitrogen and oxygen atoms in total. The van der Waals surface area contributed by atoms with Crippen LogP contribution in [0.15, 0.2) is 194 Å². The molecule has 0 aromatic rings. The van der Waals surface area contributed by atoms with Gasteiger partial charge >= 0.3 is 17.9 Å². The van der Waals surface area contributed by atoms with E-state index in [1.807, 2.05) is 97.2 Å². The van der Waals surface area contributed by atoms with Crippen molar-refractivity contribution in [2.45, 2.75) is 175 Å². The summed E-state index contributed by atoms with van der Waals surface area (Å²) in [6, 6.07) is 0. The lowest BCUT2D eigenvalue weighted by atomic mass is 10.1. The highest BCUT2D eigenvalue weighted by atomic mass is 16.6. The normalized spacial score (nSPS) is 13.7. The SMILES string of the molecule is CC\C=C/C=C\C=C/C=C\C=C\C=C/CCCCCC(=O)OC(COC(=O)CCC/C=C\C/C=C\C/C=C\C/C=C\C/C=C\CC)COC(=O)CCCCCCC\C=C/C=C\C=C/C=C\C=C/CCC. The molecule has 0 saturated carbocycles. The van der Waals surface area contributed by atoms with Crippen LogP contribution in [0.25, 0.3) is 0 Å². The van der Waals surface area contributed by atoms with E-state index in [0.29, 0.717) is 19.3 Å². The second-order valence-electron chi connectivity index (χ2n) is 16.6. The molecule has 0 rings (SSSR count). The molecule has 0 N–H and O–H groups in total. The van der Waals surface area contributed by atoms with Crippen LogP contribution in [0.1, 0.15) is 168 Å². The summed E-state index contributed by atoms with van der Waals surface area (Å²) in [5, 5.41) is 0. The highest BCUT2D eigenvalue weighted by Gasteiger charge is 2.19. The van der Waals surface area contributed by atoms with Crippen LogP contribution in [0.2, 0.25) is 0 Å². The average Bonchev–Trinajstić information content (AvgIpc) is 3.36. The van der Waals surface area contributed by atoms with Crippen LogP contribution in [-0.4, -0.2) is 37.2 Å². The third-order valence-electron chi connectivity index (χ3n) is 10.1. The van der Waals surface area contributed by atoms with Gasteiger partial charge in [0.05, 0.1) is 0 Å². The van der Waals surface area contributed by atoms with E-state index in [1.54, 1.807) is 0 Å². The Morgan fingerprint density at radius 2 is 0.643 bits per heavy atom. The van der Waals surface area contributed by atoms with Crippen molar-refractivity contribution in [3.8, 4) is 0 Å². The first kappa shape index (κ1) is 64.2. The number of carbonyl (C=O) groups excluding carboxylic acids is 3. The quantitative estimate of drug-likeness (QED) is 0.0199. The molecule has 1 unspecified atom stereocenters. The Labute approximate surface area is 427 Å². The van der Waals surface area contributed by atoms with Crippen molar-refractivity contribution in [2.24, 2.45) is 0 Å². The third kappa shape index (κ3) is 53.2. The molecule has 0 spiro atoms. The van der Waals surface area contributed by atoms with Crippen LogP contribution in [0.3, 0.4) is 0 Å². The lowest BCUT2D eigenvalue weighted by Gasteiger charge is -2.18. The molecule has 0 saturated heterocycles. The minimum absolute atomic E-state index is 0.140. The van der Waals surface area contributed by atoms with Gasteiger partial charge in [-0.3, -0.25) is 14.4 Å². The first-order valence-electron chi connectivity index (χ1n) is 26.6. The number of hydrogen-bond acceptors (Lipinski definition) is 6. The van der Waals surface area contributed by atoms with Gasteiger partial charge < -0.3 is 14.2 Å². The van der Waals surface area contributed by atoms with Crippen LogP contribution in [-0.2, 0) is 28.6 Å². The fraction of sp³-hybridized carbons (Fsp3) is 0.453. The Bertz CT molecular complexity index is 1760. The van der Waals surface area contributed by atoms with Gasteiger partial charge in [0.2, 0.25) is 0 Å². The molecule has 0 aliphatic heterocycles. The molecular weight excluding hydrogens is 865 g/mol. The molecule has 0 heterocycles. The second-order valence-corrected chi connectivity index (χ2v) is 16.6. The zero-order chi connectivity index (χ0) is 50.7. The predicted molar refractivity (Wildman–Crippen MR) is 301 cm³/mol. The number of allylic oxidation sites excluding steroid dienone is 32. The summed E-state index contributed by atoms with van der Waals surface area (Å²) in [6.07, 6.45) is 85.5. The van der Waals surface area contributed by atoms with Crippen molar-refractivity contribution in [1.82, 2.24) is 0 Å². The highest BCUT2D eigenvalue weighted by molar-refractivity contribution is 5.71. The van der Waals surface area contributed by atoms with Gasteiger partial charge in [-0.25, -0.2) is 0 Å². The predicted octanol–water partition coefficient (Wildman–Crippen LogP) is 17.9. The summed E-state index contributed by atoms with van der Waals surface area (Å²) in [4.78, 5) is 38.1. The Hall–Kier alpha value is -5.75. The fourth-order valence-electron chi connectivity index (χ4n) is 6.18. The van der Waals surface area contributed by atoms with E-state index in [1.165, 1.54) is 6.42 Å². The van der Waals surface area contributed by atoms with Crippen LogP contribution in [0, 0.1) is 0 Å². The number of ether oxygens (including phenoxy) is 3. The molecule has 0 aliphatic carbocycles. The Morgan fingerprint density at radius 3 is 1.10 bits per heavy atom. The highest BCUT2D eigenvalue weighted by Crippen LogP contribution is 2.11. The number of hydrogen-bond donors (Lipinski definition) is 0. The summed E-state index contributed by atoms with van der Waals surface area (Å²) in [5.74, 6) is -1.09. The van der Waals surface area contributed by atoms with Gasteiger partial charge in [-0.15, -0.1) is 0 Å². The maximum absolute atomic E-state index is 12.8. The van der Waals surface area contributed by atoms with E-state index in [4.69, 9.17) is 14.2 Å². The van der Waals surface area contributed by atoms with Gasteiger partial charge in [0.1, 0.15) is 13.2 Å². The molecule has 70 heavy (non-hydrogen) atoms. The standard InChI is InChI=1S/C64H92O6/c1-4-7-10-13-16-19-22-25-28-31-34-36-39-42-45-48-51-54-57-63(66)69-60-61(70-64(67)58-55-52-49-46-43-40-37-33-30-27-24-21-18-15-12-9-6-3)59-68-62(65)56-53-50-47-44-41-38-35-32-29-26-23-20-17-14-11-8-5-2/h8-13,15-22,24-31,33-38,40,43-44,47,61H,4-7,14,23,32,39,41-42,45-46,48-60H2,1-3H3/b11-8-,12-9-,13-10-,18-15-,19-16-,20-17-,24-21-,25-22-,29-26-,30-27-,31-28-,36-34-,37-33+,38-35-,43-40-,47-44-. The molecule has 0 aromatic heterocycles. The summed E-state index contributed by atoms with van der Waals surface area (Å²) in [7, 11) is 0. The fourth-order valence-corrected chi connectivity index (χ4v) is 6.18. The Morgan fingerprint density at radius 1 is 0.314 bits per heavy atom. The minimum Gasteiger partial charge on any atom is -0.462 e. The van der Waals surface area contributed by atoms with E-state index in [-0.39, 0.29) is 44.0 Å². The summed E-state index contributed by atoms with van der Waals surface area (Å²) >= 11 is 0. The lowest BCUT2D eigenvalue weighted by molar-refractivity contribution is -0.167.